The van der Waals surface area contributed by atoms with Crippen molar-refractivity contribution >= 4 is 46.1 Å². The summed E-state index contributed by atoms with van der Waals surface area (Å²) in [6, 6.07) is 16.1. The van der Waals surface area contributed by atoms with E-state index in [9.17, 15) is 20.4 Å². The maximum absolute atomic E-state index is 10.8. The highest BCUT2D eigenvalue weighted by atomic mass is 16.5. The third-order valence-corrected chi connectivity index (χ3v) is 18.2. The number of allylic oxidation sites excluding steroid dienone is 6. The number of hydrogen-bond acceptors (Lipinski definition) is 8. The molecule has 0 bridgehead atoms. The number of hydrogen-bond donors (Lipinski definition) is 6. The molecule has 2 aliphatic carbocycles. The van der Waals surface area contributed by atoms with Gasteiger partial charge < -0.3 is 49.3 Å². The van der Waals surface area contributed by atoms with E-state index in [2.05, 4.69) is 153 Å². The van der Waals surface area contributed by atoms with Crippen molar-refractivity contribution in [1.29, 1.82) is 0 Å². The van der Waals surface area contributed by atoms with Crippen LogP contribution < -0.4 is 18.9 Å². The van der Waals surface area contributed by atoms with E-state index in [1.54, 1.807) is 26.4 Å². The summed E-state index contributed by atoms with van der Waals surface area (Å²) in [5, 5.41) is 45.1. The largest absolute Gasteiger partial charge is 0.507 e. The van der Waals surface area contributed by atoms with Gasteiger partial charge in [-0.3, -0.25) is 0 Å². The van der Waals surface area contributed by atoms with Gasteiger partial charge >= 0.3 is 0 Å². The van der Waals surface area contributed by atoms with Gasteiger partial charge in [0.05, 0.1) is 31.9 Å². The van der Waals surface area contributed by atoms with Gasteiger partial charge in [-0.2, -0.15) is 0 Å². The molecule has 4 aromatic carbocycles. The van der Waals surface area contributed by atoms with Crippen LogP contribution in [0.1, 0.15) is 159 Å². The van der Waals surface area contributed by atoms with Gasteiger partial charge in [0.2, 0.25) is 0 Å². The zero-order valence-corrected chi connectivity index (χ0v) is 49.1. The Kier molecular flexibility index (Phi) is 16.3. The molecule has 4 aliphatic rings. The predicted molar refractivity (Wildman–Crippen MR) is 324 cm³/mol. The third-order valence-electron chi connectivity index (χ3n) is 18.2. The van der Waals surface area contributed by atoms with Crippen LogP contribution in [0, 0.1) is 22.7 Å². The van der Waals surface area contributed by atoms with Crippen molar-refractivity contribution in [1.82, 2.24) is 9.97 Å². The minimum Gasteiger partial charge on any atom is -0.507 e. The van der Waals surface area contributed by atoms with Crippen LogP contribution >= 0.6 is 0 Å². The summed E-state index contributed by atoms with van der Waals surface area (Å²) in [5.41, 5.74) is 13.0. The average molecular weight is 1070 g/mol. The second-order valence-corrected chi connectivity index (χ2v) is 25.3. The van der Waals surface area contributed by atoms with Gasteiger partial charge in [-0.25, -0.2) is 0 Å². The van der Waals surface area contributed by atoms with Crippen LogP contribution in [0.3, 0.4) is 0 Å². The number of aromatic amines is 2. The van der Waals surface area contributed by atoms with Gasteiger partial charge in [0, 0.05) is 40.5 Å². The molecule has 6 aromatic rings. The Morgan fingerprint density at radius 1 is 0.570 bits per heavy atom. The fourth-order valence-electron chi connectivity index (χ4n) is 13.4. The number of rotatable bonds is 13. The van der Waals surface area contributed by atoms with Gasteiger partial charge in [-0.15, -0.1) is 0 Å². The summed E-state index contributed by atoms with van der Waals surface area (Å²) in [7, 11) is 3.45. The number of ether oxygens (including phenoxy) is 4. The molecule has 0 unspecified atom stereocenters. The van der Waals surface area contributed by atoms with E-state index in [1.165, 1.54) is 22.3 Å². The minimum absolute atomic E-state index is 0.141. The summed E-state index contributed by atoms with van der Waals surface area (Å²) in [6.45, 7) is 23.5. The Bertz CT molecular complexity index is 3390. The topological polar surface area (TPSA) is 149 Å². The number of methoxy groups -OCH3 is 2. The SMILES string of the molecule is CC(C)=CCc1c[nH]c2cc(/C=C/c3cc(O)c4c(c3)C[C@@H]3C(C)(C)[C@H](O)CC[C@@]3(C)O4)cc(O)c12.COc1cc(/C=C/c2cc(OC)c3c(C/C=C(\C)CCC=C(C)C)c[nH]c3c2)cc2c1O[C@]1(C)CC[C@@H](O)C(C)(C)[C@H]1C2. The number of aromatic hydroxyl groups is 2. The standard InChI is InChI=1S/C38H49NO4.C31H37NO4/c1-24(2)10-9-11-25(3)12-15-28-23-39-30-19-27(20-31(41-7)35(28)30)14-13-26-18-29-22-33-37(4,5)34(40)16-17-38(33,6)43-36(29)32(21-26)42-8;1-18(2)6-9-21-17-32-23-13-20(14-24(33)28(21)23)8-7-19-12-22-16-26-30(3,4)27(35)10-11-31(26,5)36-29(22)25(34)15-19/h10,12-14,18-21,23,33-34,39-40H,9,11,15-17,22H2,1-8H3;6-8,12-15,17,26-27,32-35H,9-11,16H2,1-5H3/b14-13+,25-12+;8-7+/t33-,34-,38-;26-,27-,31-/m11/s1. The first-order valence-electron chi connectivity index (χ1n) is 28.5. The molecule has 420 valence electrons. The van der Waals surface area contributed by atoms with Crippen molar-refractivity contribution in [3.8, 4) is 34.5 Å². The lowest BCUT2D eigenvalue weighted by Crippen LogP contribution is -2.58. The molecule has 10 nitrogen and oxygen atoms in total. The lowest BCUT2D eigenvalue weighted by atomic mass is 9.57. The molecule has 0 radical (unpaired) electrons. The third kappa shape index (κ3) is 11.7. The molecule has 2 fully saturated rings. The first kappa shape index (κ1) is 57.1. The molecule has 2 aliphatic heterocycles. The smallest absolute Gasteiger partial charge is 0.165 e. The van der Waals surface area contributed by atoms with Crippen molar-refractivity contribution in [2.75, 3.05) is 14.2 Å². The molecule has 0 amide bonds. The number of aromatic nitrogens is 2. The van der Waals surface area contributed by atoms with Crippen molar-refractivity contribution < 1.29 is 39.4 Å². The molecule has 2 saturated carbocycles. The molecule has 2 aromatic heterocycles. The Morgan fingerprint density at radius 2 is 1.03 bits per heavy atom. The average Bonchev–Trinajstić information content (AvgIpc) is 4.24. The Hall–Kier alpha value is -6.62. The second-order valence-electron chi connectivity index (χ2n) is 25.3. The molecular weight excluding hydrogens is 985 g/mol. The highest BCUT2D eigenvalue weighted by Crippen LogP contribution is 2.56. The normalized spacial score (nSPS) is 23.9. The van der Waals surface area contributed by atoms with E-state index in [0.717, 1.165) is 136 Å². The van der Waals surface area contributed by atoms with Gasteiger partial charge in [0.1, 0.15) is 22.7 Å². The fraction of sp³-hybridized carbons (Fsp3) is 0.449. The van der Waals surface area contributed by atoms with Gasteiger partial charge in [0.15, 0.2) is 23.0 Å². The van der Waals surface area contributed by atoms with E-state index < -0.39 is 5.60 Å². The monoisotopic (exact) mass is 1070 g/mol. The predicted octanol–water partition coefficient (Wildman–Crippen LogP) is 15.8. The van der Waals surface area contributed by atoms with Crippen molar-refractivity contribution in [3.05, 3.63) is 140 Å². The van der Waals surface area contributed by atoms with Gasteiger partial charge in [-0.05, 0) is 217 Å². The lowest BCUT2D eigenvalue weighted by Gasteiger charge is -2.55. The number of aliphatic hydroxyl groups is 2. The quantitative estimate of drug-likeness (QED) is 0.0495. The minimum atomic E-state index is -0.405. The Morgan fingerprint density at radius 3 is 1.58 bits per heavy atom. The molecule has 6 N–H and O–H groups in total. The molecular formula is C69H86N2O8. The van der Waals surface area contributed by atoms with Crippen LogP contribution in [0.5, 0.6) is 34.5 Å². The van der Waals surface area contributed by atoms with Crippen molar-refractivity contribution in [3.63, 3.8) is 0 Å². The summed E-state index contributed by atoms with van der Waals surface area (Å²) in [6.07, 6.45) is 26.8. The number of nitrogens with one attached hydrogen (secondary N) is 2. The second kappa shape index (κ2) is 22.5. The lowest BCUT2D eigenvalue weighted by molar-refractivity contribution is -0.138. The van der Waals surface area contributed by atoms with Crippen LogP contribution in [-0.4, -0.2) is 68.0 Å². The highest BCUT2D eigenvalue weighted by Gasteiger charge is 2.56. The Balaban J connectivity index is 0.000000195. The van der Waals surface area contributed by atoms with Crippen LogP contribution in [0.25, 0.3) is 46.1 Å². The molecule has 79 heavy (non-hydrogen) atoms. The van der Waals surface area contributed by atoms with Gasteiger partial charge in [-0.1, -0.05) is 86.9 Å². The molecule has 10 rings (SSSR count). The highest BCUT2D eigenvalue weighted by molar-refractivity contribution is 5.93. The summed E-state index contributed by atoms with van der Waals surface area (Å²) in [5.74, 6) is 3.79. The zero-order chi connectivity index (χ0) is 56.8. The van der Waals surface area contributed by atoms with E-state index >= 15 is 0 Å². The first-order chi connectivity index (χ1) is 37.4. The van der Waals surface area contributed by atoms with E-state index in [0.29, 0.717) is 12.2 Å². The number of phenolic OH excluding ortho intramolecular Hbond substituents is 2. The summed E-state index contributed by atoms with van der Waals surface area (Å²) in [4.78, 5) is 6.76. The first-order valence-corrected chi connectivity index (χ1v) is 28.5. The number of benzene rings is 4. The number of fused-ring (bicyclic) bond motifs is 6. The maximum atomic E-state index is 10.8. The summed E-state index contributed by atoms with van der Waals surface area (Å²) < 4.78 is 24.8. The number of aliphatic hydroxyl groups excluding tert-OH is 2. The Labute approximate surface area is 469 Å². The van der Waals surface area contributed by atoms with Gasteiger partial charge in [0.25, 0.3) is 0 Å². The molecule has 4 heterocycles. The van der Waals surface area contributed by atoms with E-state index in [-0.39, 0.29) is 52.0 Å². The number of phenols is 2. The zero-order valence-electron chi connectivity index (χ0n) is 49.1. The molecule has 0 spiro atoms. The van der Waals surface area contributed by atoms with Crippen molar-refractivity contribution in [2.45, 2.75) is 164 Å². The molecule has 0 saturated heterocycles. The van der Waals surface area contributed by atoms with E-state index in [1.807, 2.05) is 24.4 Å². The number of H-pyrrole nitrogens is 2. The van der Waals surface area contributed by atoms with Crippen LogP contribution in [-0.2, 0) is 25.7 Å². The van der Waals surface area contributed by atoms with Crippen LogP contribution in [0.4, 0.5) is 0 Å². The maximum Gasteiger partial charge on any atom is 0.165 e. The molecule has 6 atom stereocenters. The van der Waals surface area contributed by atoms with E-state index in [4.69, 9.17) is 18.9 Å². The summed E-state index contributed by atoms with van der Waals surface area (Å²) >= 11 is 0. The van der Waals surface area contributed by atoms with Crippen molar-refractivity contribution in [2.24, 2.45) is 22.7 Å². The molecule has 10 heteroatoms. The van der Waals surface area contributed by atoms with Crippen LogP contribution in [0.2, 0.25) is 0 Å². The van der Waals surface area contributed by atoms with Crippen LogP contribution in [0.15, 0.2) is 95.9 Å². The fourth-order valence-corrected chi connectivity index (χ4v) is 13.4.